The molecule has 2 rings (SSSR count). The topological polar surface area (TPSA) is 127 Å². The van der Waals surface area contributed by atoms with E-state index < -0.39 is 43.7 Å². The minimum atomic E-state index is -4.44. The van der Waals surface area contributed by atoms with E-state index in [1.165, 1.54) is 7.11 Å². The maximum Gasteiger partial charge on any atom is 0.291 e. The number of nitro groups is 1. The molecule has 1 aromatic rings. The van der Waals surface area contributed by atoms with Crippen LogP contribution in [0.5, 0.6) is 5.75 Å². The van der Waals surface area contributed by atoms with Crippen molar-refractivity contribution >= 4 is 21.6 Å². The molecule has 0 unspecified atom stereocenters. The van der Waals surface area contributed by atoms with Gasteiger partial charge in [-0.25, -0.2) is 12.7 Å². The molecular formula is C9H8N2O7S. The second-order valence-electron chi connectivity index (χ2n) is 3.55. The Morgan fingerprint density at radius 3 is 2.58 bits per heavy atom. The van der Waals surface area contributed by atoms with Gasteiger partial charge in [-0.1, -0.05) is 0 Å². The van der Waals surface area contributed by atoms with E-state index in [0.717, 1.165) is 12.1 Å². The molecule has 102 valence electrons. The van der Waals surface area contributed by atoms with Gasteiger partial charge in [0.25, 0.3) is 21.6 Å². The Kier molecular flexibility index (Phi) is 2.91. The van der Waals surface area contributed by atoms with Crippen LogP contribution in [0, 0.1) is 10.1 Å². The van der Waals surface area contributed by atoms with Crippen LogP contribution in [0.4, 0.5) is 5.69 Å². The third-order valence-electron chi connectivity index (χ3n) is 2.63. The lowest BCUT2D eigenvalue weighted by atomic mass is 10.1. The highest BCUT2D eigenvalue weighted by molar-refractivity contribution is 7.90. The number of hydrogen-bond acceptors (Lipinski definition) is 7. The quantitative estimate of drug-likeness (QED) is 0.597. The number of ether oxygens (including phenoxy) is 1. The molecule has 0 atom stereocenters. The van der Waals surface area contributed by atoms with Crippen molar-refractivity contribution in [2.75, 3.05) is 13.8 Å². The van der Waals surface area contributed by atoms with Crippen molar-refractivity contribution in [3.63, 3.8) is 0 Å². The monoisotopic (exact) mass is 288 g/mol. The van der Waals surface area contributed by atoms with Gasteiger partial charge in [-0.2, -0.15) is 0 Å². The summed E-state index contributed by atoms with van der Waals surface area (Å²) in [5.74, 6) is -1.16. The number of sulfonamides is 1. The van der Waals surface area contributed by atoms with E-state index in [0.29, 0.717) is 0 Å². The first kappa shape index (κ1) is 13.2. The fraction of sp³-hybridized carbons (Fsp3) is 0.222. The molecule has 0 aromatic heterocycles. The molecule has 9 nitrogen and oxygen atoms in total. The van der Waals surface area contributed by atoms with E-state index in [1.807, 2.05) is 0 Å². The number of aliphatic hydroxyl groups is 1. The van der Waals surface area contributed by atoms with Crippen molar-refractivity contribution in [1.29, 1.82) is 0 Å². The lowest BCUT2D eigenvalue weighted by Gasteiger charge is -2.09. The smallest absolute Gasteiger partial charge is 0.291 e. The molecule has 0 radical (unpaired) electrons. The van der Waals surface area contributed by atoms with Crippen LogP contribution in [0.15, 0.2) is 17.0 Å². The summed E-state index contributed by atoms with van der Waals surface area (Å²) in [6, 6.07) is 2.06. The highest BCUT2D eigenvalue weighted by Crippen LogP contribution is 2.41. The SMILES string of the molecule is COc1ccc([N+](=O)[O-])c2c1C(=O)N(CO)S2(=O)=O. The number of amides is 1. The summed E-state index contributed by atoms with van der Waals surface area (Å²) in [7, 11) is -3.24. The molecule has 1 heterocycles. The van der Waals surface area contributed by atoms with E-state index in [2.05, 4.69) is 0 Å². The highest BCUT2D eigenvalue weighted by atomic mass is 32.2. The minimum absolute atomic E-state index is 0.106. The predicted octanol–water partition coefficient (Wildman–Crippen LogP) is -0.302. The molecule has 1 aromatic carbocycles. The number of fused-ring (bicyclic) bond motifs is 1. The number of nitrogens with zero attached hydrogens (tertiary/aromatic N) is 2. The summed E-state index contributed by atoms with van der Waals surface area (Å²) in [6.07, 6.45) is 0. The van der Waals surface area contributed by atoms with Gasteiger partial charge in [-0.15, -0.1) is 0 Å². The van der Waals surface area contributed by atoms with Crippen LogP contribution in [-0.2, 0) is 10.0 Å². The largest absolute Gasteiger partial charge is 0.496 e. The van der Waals surface area contributed by atoms with E-state index in [1.54, 1.807) is 0 Å². The summed E-state index contributed by atoms with van der Waals surface area (Å²) in [6.45, 7) is -1.10. The first-order valence-corrected chi connectivity index (χ1v) is 6.33. The van der Waals surface area contributed by atoms with Gasteiger partial charge < -0.3 is 9.84 Å². The Morgan fingerprint density at radius 1 is 1.47 bits per heavy atom. The Balaban J connectivity index is 2.90. The lowest BCUT2D eigenvalue weighted by molar-refractivity contribution is -0.387. The lowest BCUT2D eigenvalue weighted by Crippen LogP contribution is -2.30. The number of carbonyl (C=O) groups excluding carboxylic acids is 1. The molecular weight excluding hydrogens is 280 g/mol. The van der Waals surface area contributed by atoms with Crippen LogP contribution in [0.25, 0.3) is 0 Å². The molecule has 0 bridgehead atoms. The van der Waals surface area contributed by atoms with Crippen LogP contribution in [0.2, 0.25) is 0 Å². The van der Waals surface area contributed by atoms with Gasteiger partial charge in [-0.3, -0.25) is 14.9 Å². The first-order chi connectivity index (χ1) is 8.86. The third kappa shape index (κ3) is 1.64. The maximum atomic E-state index is 12.0. The van der Waals surface area contributed by atoms with Gasteiger partial charge in [0.1, 0.15) is 18.0 Å². The van der Waals surface area contributed by atoms with E-state index in [9.17, 15) is 23.3 Å². The third-order valence-corrected chi connectivity index (χ3v) is 4.42. The normalized spacial score (nSPS) is 16.3. The Labute approximate surface area is 107 Å². The van der Waals surface area contributed by atoms with Gasteiger partial charge in [0, 0.05) is 6.07 Å². The first-order valence-electron chi connectivity index (χ1n) is 4.89. The molecule has 1 amide bonds. The zero-order chi connectivity index (χ0) is 14.4. The standard InChI is InChI=1S/C9H8N2O7S/c1-18-6-3-2-5(11(14)15)8-7(6)9(13)10(4-12)19(8,16)17/h2-3,12H,4H2,1H3. The second kappa shape index (κ2) is 4.17. The zero-order valence-electron chi connectivity index (χ0n) is 9.56. The van der Waals surface area contributed by atoms with Crippen molar-refractivity contribution in [3.05, 3.63) is 27.8 Å². The Morgan fingerprint density at radius 2 is 2.11 bits per heavy atom. The number of methoxy groups -OCH3 is 1. The van der Waals surface area contributed by atoms with Crippen LogP contribution >= 0.6 is 0 Å². The van der Waals surface area contributed by atoms with Gasteiger partial charge in [-0.05, 0) is 6.07 Å². The van der Waals surface area contributed by atoms with Gasteiger partial charge in [0.15, 0.2) is 4.90 Å². The summed E-state index contributed by atoms with van der Waals surface area (Å²) >= 11 is 0. The second-order valence-corrected chi connectivity index (χ2v) is 5.35. The zero-order valence-corrected chi connectivity index (χ0v) is 10.4. The van der Waals surface area contributed by atoms with Crippen molar-refractivity contribution in [2.24, 2.45) is 0 Å². The Bertz CT molecular complexity index is 682. The number of carbonyl (C=O) groups is 1. The number of rotatable bonds is 3. The molecule has 19 heavy (non-hydrogen) atoms. The van der Waals surface area contributed by atoms with Gasteiger partial charge in [0.05, 0.1) is 12.0 Å². The summed E-state index contributed by atoms with van der Waals surface area (Å²) < 4.78 is 29.0. The predicted molar refractivity (Wildman–Crippen MR) is 60.1 cm³/mol. The fourth-order valence-corrected chi connectivity index (χ4v) is 3.35. The summed E-state index contributed by atoms with van der Waals surface area (Å²) in [5, 5.41) is 19.8. The molecule has 1 aliphatic heterocycles. The minimum Gasteiger partial charge on any atom is -0.496 e. The number of aliphatic hydroxyl groups excluding tert-OH is 1. The molecule has 0 fully saturated rings. The van der Waals surface area contributed by atoms with Crippen LogP contribution in [-0.4, -0.2) is 42.5 Å². The maximum absolute atomic E-state index is 12.0. The summed E-state index contributed by atoms with van der Waals surface area (Å²) in [4.78, 5) is 21.1. The van der Waals surface area contributed by atoms with Crippen molar-refractivity contribution < 1.29 is 28.0 Å². The molecule has 10 heteroatoms. The fourth-order valence-electron chi connectivity index (χ4n) is 1.82. The molecule has 0 spiro atoms. The van der Waals surface area contributed by atoms with E-state index >= 15 is 0 Å². The van der Waals surface area contributed by atoms with Crippen LogP contribution in [0.3, 0.4) is 0 Å². The average Bonchev–Trinajstić information content (AvgIpc) is 2.56. The number of nitro benzene ring substituents is 1. The van der Waals surface area contributed by atoms with E-state index in [-0.39, 0.29) is 10.1 Å². The summed E-state index contributed by atoms with van der Waals surface area (Å²) in [5.41, 5.74) is -1.18. The van der Waals surface area contributed by atoms with Crippen molar-refractivity contribution in [2.45, 2.75) is 4.90 Å². The molecule has 0 aliphatic carbocycles. The Hall–Kier alpha value is -2.20. The molecule has 0 saturated carbocycles. The van der Waals surface area contributed by atoms with Crippen LogP contribution in [0.1, 0.15) is 10.4 Å². The highest BCUT2D eigenvalue weighted by Gasteiger charge is 2.48. The molecule has 0 saturated heterocycles. The molecule has 1 aliphatic rings. The van der Waals surface area contributed by atoms with Crippen LogP contribution < -0.4 is 4.74 Å². The number of benzene rings is 1. The van der Waals surface area contributed by atoms with E-state index in [4.69, 9.17) is 9.84 Å². The molecule has 1 N–H and O–H groups in total. The number of hydrogen-bond donors (Lipinski definition) is 1. The average molecular weight is 288 g/mol. The van der Waals surface area contributed by atoms with Gasteiger partial charge in [0.2, 0.25) is 0 Å². The van der Waals surface area contributed by atoms with Gasteiger partial charge >= 0.3 is 0 Å². The van der Waals surface area contributed by atoms with Crippen molar-refractivity contribution in [3.8, 4) is 5.75 Å². The van der Waals surface area contributed by atoms with Crippen molar-refractivity contribution in [1.82, 2.24) is 4.31 Å².